The first-order valence-corrected chi connectivity index (χ1v) is 7.57. The van der Waals surface area contributed by atoms with E-state index in [0.29, 0.717) is 5.75 Å². The molecular weight excluding hydrogens is 331 g/mol. The molecule has 0 amide bonds. The molecule has 1 aliphatic heterocycles. The second-order valence-corrected chi connectivity index (χ2v) is 5.55. The molecule has 2 N–H and O–H groups in total. The second kappa shape index (κ2) is 9.14. The summed E-state index contributed by atoms with van der Waals surface area (Å²) < 4.78 is 0. The van der Waals surface area contributed by atoms with E-state index in [9.17, 15) is 5.11 Å². The quantitative estimate of drug-likeness (QED) is 0.817. The van der Waals surface area contributed by atoms with Gasteiger partial charge in [0.1, 0.15) is 5.75 Å². The number of rotatable bonds is 4. The molecule has 0 bridgehead atoms. The van der Waals surface area contributed by atoms with Gasteiger partial charge in [-0.15, -0.1) is 31.4 Å². The zero-order chi connectivity index (χ0) is 14.7. The van der Waals surface area contributed by atoms with Gasteiger partial charge in [0.15, 0.2) is 0 Å². The fourth-order valence-corrected chi connectivity index (χ4v) is 3.24. The molecule has 23 heavy (non-hydrogen) atoms. The third-order valence-corrected chi connectivity index (χ3v) is 4.26. The van der Waals surface area contributed by atoms with Gasteiger partial charge >= 0.3 is 0 Å². The molecule has 0 aliphatic carbocycles. The van der Waals surface area contributed by atoms with E-state index in [1.807, 2.05) is 30.3 Å². The number of benzene rings is 2. The summed E-state index contributed by atoms with van der Waals surface area (Å²) in [6, 6.07) is 12.3. The third kappa shape index (κ3) is 4.18. The van der Waals surface area contributed by atoms with Crippen molar-refractivity contribution in [3.63, 3.8) is 0 Å². The Morgan fingerprint density at radius 2 is 1.83 bits per heavy atom. The molecule has 1 heterocycles. The standard InChI is InChI=1S/C18H22N2O.2ClH/c1-2-5-16(20-12-10-19-11-13-20)18-15-7-4-3-6-14(15)8-9-17(18)21;;/h2-4,6-9,16,19,21H,1,5,10-13H2;2*1H/t16-;;/m0../s1. The third-order valence-electron chi connectivity index (χ3n) is 4.26. The van der Waals surface area contributed by atoms with Crippen LogP contribution in [0.2, 0.25) is 0 Å². The van der Waals surface area contributed by atoms with Gasteiger partial charge in [-0.05, 0) is 23.3 Å². The zero-order valence-corrected chi connectivity index (χ0v) is 14.7. The molecule has 3 nitrogen and oxygen atoms in total. The van der Waals surface area contributed by atoms with Gasteiger partial charge in [0.25, 0.3) is 0 Å². The van der Waals surface area contributed by atoms with E-state index in [4.69, 9.17) is 0 Å². The van der Waals surface area contributed by atoms with Gasteiger partial charge in [-0.25, -0.2) is 0 Å². The molecule has 1 saturated heterocycles. The van der Waals surface area contributed by atoms with Gasteiger partial charge in [0.2, 0.25) is 0 Å². The normalized spacial score (nSPS) is 16.2. The van der Waals surface area contributed by atoms with E-state index in [0.717, 1.165) is 43.5 Å². The van der Waals surface area contributed by atoms with E-state index in [-0.39, 0.29) is 30.9 Å². The van der Waals surface area contributed by atoms with Crippen molar-refractivity contribution in [2.24, 2.45) is 0 Å². The van der Waals surface area contributed by atoms with Crippen LogP contribution in [0.4, 0.5) is 0 Å². The lowest BCUT2D eigenvalue weighted by Crippen LogP contribution is -2.45. The Hall–Kier alpha value is -1.26. The number of phenols is 1. The fourth-order valence-electron chi connectivity index (χ4n) is 3.24. The highest BCUT2D eigenvalue weighted by Gasteiger charge is 2.25. The lowest BCUT2D eigenvalue weighted by atomic mass is 9.94. The van der Waals surface area contributed by atoms with Gasteiger partial charge in [0.05, 0.1) is 0 Å². The van der Waals surface area contributed by atoms with Gasteiger partial charge < -0.3 is 10.4 Å². The first-order chi connectivity index (χ1) is 10.3. The maximum absolute atomic E-state index is 10.5. The lowest BCUT2D eigenvalue weighted by Gasteiger charge is -2.35. The first-order valence-electron chi connectivity index (χ1n) is 7.57. The van der Waals surface area contributed by atoms with Crippen LogP contribution >= 0.6 is 24.8 Å². The van der Waals surface area contributed by atoms with Crippen LogP contribution < -0.4 is 5.32 Å². The number of nitrogens with one attached hydrogen (secondary N) is 1. The molecule has 2 aromatic rings. The number of piperazine rings is 1. The smallest absolute Gasteiger partial charge is 0.121 e. The molecular formula is C18H24Cl2N2O. The van der Waals surface area contributed by atoms with E-state index >= 15 is 0 Å². The summed E-state index contributed by atoms with van der Waals surface area (Å²) in [6.45, 7) is 7.91. The summed E-state index contributed by atoms with van der Waals surface area (Å²) in [7, 11) is 0. The van der Waals surface area contributed by atoms with Crippen LogP contribution in [0, 0.1) is 0 Å². The predicted molar refractivity (Wildman–Crippen MR) is 102 cm³/mol. The molecule has 126 valence electrons. The Morgan fingerprint density at radius 3 is 2.52 bits per heavy atom. The summed E-state index contributed by atoms with van der Waals surface area (Å²) in [5.41, 5.74) is 1.04. The van der Waals surface area contributed by atoms with Crippen molar-refractivity contribution in [2.45, 2.75) is 12.5 Å². The Balaban J connectivity index is 0.00000132. The Bertz CT molecular complexity index is 642. The molecule has 3 rings (SSSR count). The minimum atomic E-state index is 0. The summed E-state index contributed by atoms with van der Waals surface area (Å²) in [5.74, 6) is 0.388. The van der Waals surface area contributed by atoms with E-state index < -0.39 is 0 Å². The average molecular weight is 355 g/mol. The van der Waals surface area contributed by atoms with Gasteiger partial charge in [-0.3, -0.25) is 4.90 Å². The minimum Gasteiger partial charge on any atom is -0.508 e. The number of phenolic OH excluding ortho intramolecular Hbond substituents is 1. The molecule has 1 aliphatic rings. The number of hydrogen-bond donors (Lipinski definition) is 2. The van der Waals surface area contributed by atoms with Crippen LogP contribution in [0.15, 0.2) is 49.1 Å². The van der Waals surface area contributed by atoms with Crippen molar-refractivity contribution >= 4 is 35.6 Å². The molecule has 5 heteroatoms. The number of halogens is 2. The van der Waals surface area contributed by atoms with Crippen LogP contribution in [0.5, 0.6) is 5.75 Å². The molecule has 1 atom stereocenters. The van der Waals surface area contributed by atoms with Crippen molar-refractivity contribution in [1.29, 1.82) is 0 Å². The first kappa shape index (κ1) is 19.8. The highest BCUT2D eigenvalue weighted by molar-refractivity contribution is 5.88. The van der Waals surface area contributed by atoms with Gasteiger partial charge in [-0.2, -0.15) is 0 Å². The summed E-state index contributed by atoms with van der Waals surface area (Å²) in [5, 5.41) is 16.2. The number of fused-ring (bicyclic) bond motifs is 1. The largest absolute Gasteiger partial charge is 0.508 e. The molecule has 2 aromatic carbocycles. The maximum Gasteiger partial charge on any atom is 0.121 e. The molecule has 0 radical (unpaired) electrons. The number of nitrogens with zero attached hydrogens (tertiary/aromatic N) is 1. The number of aromatic hydroxyl groups is 1. The maximum atomic E-state index is 10.5. The minimum absolute atomic E-state index is 0. The molecule has 1 fully saturated rings. The van der Waals surface area contributed by atoms with Crippen LogP contribution in [0.3, 0.4) is 0 Å². The van der Waals surface area contributed by atoms with E-state index in [1.165, 1.54) is 5.39 Å². The molecule has 0 aromatic heterocycles. The summed E-state index contributed by atoms with van der Waals surface area (Å²) in [6.07, 6.45) is 2.80. The van der Waals surface area contributed by atoms with Crippen LogP contribution in [0.1, 0.15) is 18.0 Å². The van der Waals surface area contributed by atoms with Crippen molar-refractivity contribution in [1.82, 2.24) is 10.2 Å². The van der Waals surface area contributed by atoms with Gasteiger partial charge in [0, 0.05) is 37.8 Å². The molecule has 0 spiro atoms. The van der Waals surface area contributed by atoms with E-state index in [1.54, 1.807) is 0 Å². The molecule has 0 saturated carbocycles. The van der Waals surface area contributed by atoms with Crippen LogP contribution in [-0.4, -0.2) is 36.2 Å². The van der Waals surface area contributed by atoms with Crippen LogP contribution in [-0.2, 0) is 0 Å². The van der Waals surface area contributed by atoms with Crippen molar-refractivity contribution in [3.05, 3.63) is 54.6 Å². The topological polar surface area (TPSA) is 35.5 Å². The SMILES string of the molecule is C=CC[C@@H](c1c(O)ccc2ccccc12)N1CCNCC1.Cl.Cl. The van der Waals surface area contributed by atoms with Crippen molar-refractivity contribution in [2.75, 3.05) is 26.2 Å². The average Bonchev–Trinajstić information content (AvgIpc) is 2.54. The lowest BCUT2D eigenvalue weighted by molar-refractivity contribution is 0.173. The number of hydrogen-bond acceptors (Lipinski definition) is 3. The zero-order valence-electron chi connectivity index (χ0n) is 13.1. The van der Waals surface area contributed by atoms with Crippen molar-refractivity contribution < 1.29 is 5.11 Å². The van der Waals surface area contributed by atoms with E-state index in [2.05, 4.69) is 28.9 Å². The highest BCUT2D eigenvalue weighted by atomic mass is 35.5. The Morgan fingerprint density at radius 1 is 1.13 bits per heavy atom. The van der Waals surface area contributed by atoms with Crippen molar-refractivity contribution in [3.8, 4) is 5.75 Å². The fraction of sp³-hybridized carbons (Fsp3) is 0.333. The predicted octanol–water partition coefficient (Wildman–Crippen LogP) is 3.91. The summed E-state index contributed by atoms with van der Waals surface area (Å²) in [4.78, 5) is 2.44. The Kier molecular flexibility index (Phi) is 7.86. The monoisotopic (exact) mass is 354 g/mol. The summed E-state index contributed by atoms with van der Waals surface area (Å²) >= 11 is 0. The molecule has 0 unspecified atom stereocenters. The highest BCUT2D eigenvalue weighted by Crippen LogP contribution is 2.37. The van der Waals surface area contributed by atoms with Crippen LogP contribution in [0.25, 0.3) is 10.8 Å². The Labute approximate surface area is 150 Å². The second-order valence-electron chi connectivity index (χ2n) is 5.55. The van der Waals surface area contributed by atoms with Gasteiger partial charge in [-0.1, -0.05) is 36.4 Å².